The van der Waals surface area contributed by atoms with Crippen molar-refractivity contribution in [1.29, 1.82) is 0 Å². The van der Waals surface area contributed by atoms with Gasteiger partial charge in [-0.05, 0) is 55.6 Å². The number of aromatic nitrogens is 1. The molecule has 0 bridgehead atoms. The van der Waals surface area contributed by atoms with Crippen LogP contribution in [0.3, 0.4) is 0 Å². The number of oxazole rings is 1. The van der Waals surface area contributed by atoms with E-state index < -0.39 is 5.76 Å². The highest BCUT2D eigenvalue weighted by Gasteiger charge is 2.15. The molecule has 22 heavy (non-hydrogen) atoms. The van der Waals surface area contributed by atoms with E-state index in [0.717, 1.165) is 15.7 Å². The molecule has 0 saturated carbocycles. The number of hydrogen-bond acceptors (Lipinski definition) is 2. The molecule has 3 nitrogen and oxygen atoms in total. The van der Waals surface area contributed by atoms with E-state index in [2.05, 4.69) is 31.9 Å². The predicted octanol–water partition coefficient (Wildman–Crippen LogP) is 5.13. The fraction of sp³-hybridized carbons (Fsp3) is 0. The van der Waals surface area contributed by atoms with Crippen LogP contribution in [-0.2, 0) is 0 Å². The number of rotatable bonds is 3. The minimum Gasteiger partial charge on any atom is -0.407 e. The Balaban J connectivity index is 2.03. The molecule has 3 aromatic rings. The molecule has 3 rings (SSSR count). The predicted molar refractivity (Wildman–Crippen MR) is 95.1 cm³/mol. The van der Waals surface area contributed by atoms with Crippen molar-refractivity contribution >= 4 is 44.0 Å². The molecule has 0 atom stereocenters. The van der Waals surface area contributed by atoms with Crippen LogP contribution >= 0.6 is 31.9 Å². The van der Waals surface area contributed by atoms with Gasteiger partial charge in [-0.2, -0.15) is 0 Å². The first-order valence-electron chi connectivity index (χ1n) is 6.56. The summed E-state index contributed by atoms with van der Waals surface area (Å²) in [6, 6.07) is 17.3. The zero-order valence-electron chi connectivity index (χ0n) is 11.4. The van der Waals surface area contributed by atoms with Crippen LogP contribution in [0, 0.1) is 0 Å². The lowest BCUT2D eigenvalue weighted by molar-refractivity contribution is 0.496. The first-order chi connectivity index (χ1) is 10.7. The Morgan fingerprint density at radius 2 is 1.59 bits per heavy atom. The van der Waals surface area contributed by atoms with Crippen LogP contribution in [0.4, 0.5) is 0 Å². The summed E-state index contributed by atoms with van der Waals surface area (Å²) in [4.78, 5) is 12.1. The summed E-state index contributed by atoms with van der Waals surface area (Å²) in [6.45, 7) is 0. The van der Waals surface area contributed by atoms with Gasteiger partial charge in [0.1, 0.15) is 4.60 Å². The average Bonchev–Trinajstić information content (AvgIpc) is 2.81. The van der Waals surface area contributed by atoms with Crippen LogP contribution in [0.2, 0.25) is 0 Å². The van der Waals surface area contributed by atoms with Gasteiger partial charge in [0.05, 0.1) is 5.69 Å². The number of nitrogens with zero attached hydrogens (tertiary/aromatic N) is 1. The molecule has 0 aliphatic carbocycles. The fourth-order valence-electron chi connectivity index (χ4n) is 2.05. The maximum absolute atomic E-state index is 12.1. The number of hydrogen-bond donors (Lipinski definition) is 0. The van der Waals surface area contributed by atoms with Gasteiger partial charge in [0.15, 0.2) is 5.76 Å². The summed E-state index contributed by atoms with van der Waals surface area (Å²) < 4.78 is 8.21. The molecule has 1 aromatic heterocycles. The zero-order chi connectivity index (χ0) is 15.5. The van der Waals surface area contributed by atoms with Crippen molar-refractivity contribution in [3.8, 4) is 5.69 Å². The first-order valence-corrected chi connectivity index (χ1v) is 8.15. The summed E-state index contributed by atoms with van der Waals surface area (Å²) in [5.41, 5.74) is 1.76. The number of halogens is 2. The Hall–Kier alpha value is -1.85. The molecule has 0 aliphatic heterocycles. The van der Waals surface area contributed by atoms with Crippen molar-refractivity contribution in [2.75, 3.05) is 0 Å². The SMILES string of the molecule is O=c1oc(/C=C/c2ccccc2)c(Br)n1-c1ccccc1Br. The maximum atomic E-state index is 12.1. The topological polar surface area (TPSA) is 35.1 Å². The lowest BCUT2D eigenvalue weighted by Crippen LogP contribution is -2.12. The fourth-order valence-corrected chi connectivity index (χ4v) is 3.06. The van der Waals surface area contributed by atoms with Crippen molar-refractivity contribution in [2.24, 2.45) is 0 Å². The highest BCUT2D eigenvalue weighted by atomic mass is 79.9. The molecule has 0 amide bonds. The third-order valence-corrected chi connectivity index (χ3v) is 4.52. The Labute approximate surface area is 144 Å². The summed E-state index contributed by atoms with van der Waals surface area (Å²) in [5.74, 6) is 0.0380. The highest BCUT2D eigenvalue weighted by molar-refractivity contribution is 9.11. The molecule has 0 spiro atoms. The van der Waals surface area contributed by atoms with Gasteiger partial charge in [0, 0.05) is 4.47 Å². The maximum Gasteiger partial charge on any atom is 0.425 e. The van der Waals surface area contributed by atoms with Crippen molar-refractivity contribution in [3.63, 3.8) is 0 Å². The van der Waals surface area contributed by atoms with E-state index in [4.69, 9.17) is 4.42 Å². The number of para-hydroxylation sites is 1. The van der Waals surface area contributed by atoms with E-state index in [-0.39, 0.29) is 0 Å². The van der Waals surface area contributed by atoms with Crippen molar-refractivity contribution in [3.05, 3.63) is 85.5 Å². The van der Waals surface area contributed by atoms with E-state index in [1.165, 1.54) is 4.57 Å². The van der Waals surface area contributed by atoms with Gasteiger partial charge in [-0.1, -0.05) is 48.5 Å². The van der Waals surface area contributed by atoms with Crippen molar-refractivity contribution in [2.45, 2.75) is 0 Å². The third kappa shape index (κ3) is 3.00. The van der Waals surface area contributed by atoms with Gasteiger partial charge in [0.25, 0.3) is 0 Å². The van der Waals surface area contributed by atoms with Crippen LogP contribution in [-0.4, -0.2) is 4.57 Å². The second-order valence-corrected chi connectivity index (χ2v) is 6.16. The summed E-state index contributed by atoms with van der Waals surface area (Å²) in [5, 5.41) is 0. The van der Waals surface area contributed by atoms with Gasteiger partial charge in [0.2, 0.25) is 0 Å². The van der Waals surface area contributed by atoms with E-state index in [1.54, 1.807) is 6.08 Å². The molecule has 110 valence electrons. The average molecular weight is 421 g/mol. The smallest absolute Gasteiger partial charge is 0.407 e. The Morgan fingerprint density at radius 3 is 2.32 bits per heavy atom. The van der Waals surface area contributed by atoms with Crippen LogP contribution in [0.25, 0.3) is 17.8 Å². The third-order valence-electron chi connectivity index (χ3n) is 3.10. The summed E-state index contributed by atoms with van der Waals surface area (Å²) in [7, 11) is 0. The molecule has 0 aliphatic rings. The Morgan fingerprint density at radius 1 is 0.909 bits per heavy atom. The van der Waals surface area contributed by atoms with E-state index in [1.807, 2.05) is 60.7 Å². The number of benzene rings is 2. The second kappa shape index (κ2) is 6.50. The van der Waals surface area contributed by atoms with Gasteiger partial charge in [-0.25, -0.2) is 9.36 Å². The van der Waals surface area contributed by atoms with Crippen LogP contribution in [0.15, 0.2) is 72.9 Å². The van der Waals surface area contributed by atoms with E-state index >= 15 is 0 Å². The molecule has 5 heteroatoms. The van der Waals surface area contributed by atoms with Crippen LogP contribution in [0.1, 0.15) is 11.3 Å². The summed E-state index contributed by atoms with van der Waals surface area (Å²) >= 11 is 6.89. The molecule has 0 fully saturated rings. The monoisotopic (exact) mass is 419 g/mol. The van der Waals surface area contributed by atoms with Crippen LogP contribution < -0.4 is 5.76 Å². The van der Waals surface area contributed by atoms with Gasteiger partial charge in [-0.3, -0.25) is 0 Å². The normalized spacial score (nSPS) is 11.2. The summed E-state index contributed by atoms with van der Waals surface area (Å²) in [6.07, 6.45) is 3.67. The van der Waals surface area contributed by atoms with E-state index in [9.17, 15) is 4.79 Å². The molecule has 0 N–H and O–H groups in total. The Kier molecular flexibility index (Phi) is 4.45. The van der Waals surface area contributed by atoms with Crippen molar-refractivity contribution < 1.29 is 4.42 Å². The van der Waals surface area contributed by atoms with Crippen molar-refractivity contribution in [1.82, 2.24) is 4.57 Å². The van der Waals surface area contributed by atoms with Gasteiger partial charge >= 0.3 is 5.76 Å². The van der Waals surface area contributed by atoms with E-state index in [0.29, 0.717) is 10.4 Å². The second-order valence-electron chi connectivity index (χ2n) is 4.55. The molecule has 0 saturated heterocycles. The standard InChI is InChI=1S/C17H11Br2NO2/c18-13-8-4-5-9-14(13)20-16(19)15(22-17(20)21)11-10-12-6-2-1-3-7-12/h1-11H/b11-10+. The quantitative estimate of drug-likeness (QED) is 0.588. The molecular formula is C17H11Br2NO2. The molecule has 1 heterocycles. The lowest BCUT2D eigenvalue weighted by Gasteiger charge is -2.04. The van der Waals surface area contributed by atoms with Crippen LogP contribution in [0.5, 0.6) is 0 Å². The molecule has 0 radical (unpaired) electrons. The molecule has 2 aromatic carbocycles. The zero-order valence-corrected chi connectivity index (χ0v) is 14.5. The molecule has 0 unspecified atom stereocenters. The first kappa shape index (κ1) is 15.1. The minimum absolute atomic E-state index is 0.438. The largest absolute Gasteiger partial charge is 0.425 e. The Bertz CT molecular complexity index is 879. The minimum atomic E-state index is -0.438. The van der Waals surface area contributed by atoms with Gasteiger partial charge in [-0.15, -0.1) is 0 Å². The molecular weight excluding hydrogens is 410 g/mol. The highest BCUT2D eigenvalue weighted by Crippen LogP contribution is 2.26. The lowest BCUT2D eigenvalue weighted by atomic mass is 10.2. The van der Waals surface area contributed by atoms with Gasteiger partial charge < -0.3 is 4.42 Å².